The van der Waals surface area contributed by atoms with Crippen LogP contribution in [-0.4, -0.2) is 10.2 Å². The van der Waals surface area contributed by atoms with Crippen molar-refractivity contribution < 1.29 is 14.6 Å². The molecule has 0 bridgehead atoms. The molecule has 4 heteroatoms. The highest BCUT2D eigenvalue weighted by Crippen LogP contribution is 2.34. The molecule has 0 fully saturated rings. The second-order valence-corrected chi connectivity index (χ2v) is 3.57. The minimum absolute atomic E-state index is 0.0195. The highest BCUT2D eigenvalue weighted by atomic mass is 32.1. The third kappa shape index (κ3) is 1.18. The van der Waals surface area contributed by atoms with E-state index in [1.54, 1.807) is 6.07 Å². The van der Waals surface area contributed by atoms with E-state index < -0.39 is 0 Å². The van der Waals surface area contributed by atoms with Gasteiger partial charge in [-0.1, -0.05) is 6.07 Å². The smallest absolute Gasteiger partial charge is 0.141 e. The molecule has 1 aromatic heterocycles. The Morgan fingerprint density at radius 1 is 1.38 bits per heavy atom. The molecule has 0 saturated heterocycles. The fraction of sp³-hybridized carbons (Fsp3) is 0.111. The molecular weight excluding hydrogens is 191 g/mol. The Labute approximate surface area is 77.9 Å². The lowest BCUT2D eigenvalue weighted by atomic mass is 10.1. The van der Waals surface area contributed by atoms with Crippen LogP contribution in [0.25, 0.3) is 10.1 Å². The lowest BCUT2D eigenvalue weighted by Gasteiger charge is -2.00. The Balaban J connectivity index is 2.80. The summed E-state index contributed by atoms with van der Waals surface area (Å²) in [6.45, 7) is -0.235. The highest BCUT2D eigenvalue weighted by Gasteiger charge is 2.10. The number of phenols is 1. The molecule has 0 amide bonds. The van der Waals surface area contributed by atoms with Crippen LogP contribution in [0.1, 0.15) is 5.56 Å². The lowest BCUT2D eigenvalue weighted by molar-refractivity contribution is 0.276. The van der Waals surface area contributed by atoms with Gasteiger partial charge in [-0.25, -0.2) is 4.39 Å². The van der Waals surface area contributed by atoms with Gasteiger partial charge in [0.1, 0.15) is 11.6 Å². The molecule has 0 aliphatic heterocycles. The van der Waals surface area contributed by atoms with Crippen LogP contribution in [0.5, 0.6) is 5.75 Å². The van der Waals surface area contributed by atoms with Gasteiger partial charge in [0.25, 0.3) is 0 Å². The second-order valence-electron chi connectivity index (χ2n) is 2.69. The maximum Gasteiger partial charge on any atom is 0.141 e. The van der Waals surface area contributed by atoms with Crippen molar-refractivity contribution in [2.75, 3.05) is 0 Å². The van der Waals surface area contributed by atoms with Crippen molar-refractivity contribution in [1.29, 1.82) is 0 Å². The summed E-state index contributed by atoms with van der Waals surface area (Å²) in [6, 6.07) is 3.08. The summed E-state index contributed by atoms with van der Waals surface area (Å²) in [4.78, 5) is 0. The van der Waals surface area contributed by atoms with E-state index >= 15 is 0 Å². The normalized spacial score (nSPS) is 10.9. The molecule has 1 heterocycles. The zero-order valence-corrected chi connectivity index (χ0v) is 7.44. The van der Waals surface area contributed by atoms with Gasteiger partial charge in [0.05, 0.1) is 11.3 Å². The number of aromatic hydroxyl groups is 1. The number of hydrogen-bond acceptors (Lipinski definition) is 3. The fourth-order valence-electron chi connectivity index (χ4n) is 1.22. The minimum atomic E-state index is -0.334. The molecule has 1 aromatic carbocycles. The first-order valence-corrected chi connectivity index (χ1v) is 4.60. The van der Waals surface area contributed by atoms with Crippen molar-refractivity contribution >= 4 is 21.4 Å². The van der Waals surface area contributed by atoms with Gasteiger partial charge < -0.3 is 10.2 Å². The Morgan fingerprint density at radius 3 is 2.85 bits per heavy atom. The molecule has 0 saturated carbocycles. The maximum atomic E-state index is 13.0. The molecule has 0 spiro atoms. The molecule has 2 nitrogen and oxygen atoms in total. The van der Waals surface area contributed by atoms with Gasteiger partial charge in [0, 0.05) is 16.3 Å². The van der Waals surface area contributed by atoms with Gasteiger partial charge in [0.2, 0.25) is 0 Å². The summed E-state index contributed by atoms with van der Waals surface area (Å²) in [5.74, 6) is -0.353. The Kier molecular flexibility index (Phi) is 1.94. The van der Waals surface area contributed by atoms with Gasteiger partial charge in [-0.2, -0.15) is 0 Å². The molecule has 0 aliphatic rings. The van der Waals surface area contributed by atoms with Crippen molar-refractivity contribution in [2.24, 2.45) is 0 Å². The van der Waals surface area contributed by atoms with Crippen molar-refractivity contribution in [2.45, 2.75) is 6.61 Å². The van der Waals surface area contributed by atoms with Crippen LogP contribution in [-0.2, 0) is 6.61 Å². The number of fused-ring (bicyclic) bond motifs is 1. The van der Waals surface area contributed by atoms with Crippen LogP contribution >= 0.6 is 11.3 Å². The molecule has 0 atom stereocenters. The molecule has 2 rings (SSSR count). The number of rotatable bonds is 1. The Hall–Kier alpha value is -1.13. The van der Waals surface area contributed by atoms with Gasteiger partial charge in [-0.3, -0.25) is 0 Å². The van der Waals surface area contributed by atoms with E-state index in [4.69, 9.17) is 5.11 Å². The van der Waals surface area contributed by atoms with E-state index in [2.05, 4.69) is 0 Å². The number of aliphatic hydroxyl groups is 1. The minimum Gasteiger partial charge on any atom is -0.506 e. The molecule has 13 heavy (non-hydrogen) atoms. The van der Waals surface area contributed by atoms with Crippen LogP contribution in [0.3, 0.4) is 0 Å². The summed E-state index contributed by atoms with van der Waals surface area (Å²) >= 11 is 1.13. The SMILES string of the molecule is OCc1ccc2c(F)csc2c1O. The highest BCUT2D eigenvalue weighted by molar-refractivity contribution is 7.17. The predicted molar refractivity (Wildman–Crippen MR) is 49.4 cm³/mol. The zero-order valence-electron chi connectivity index (χ0n) is 6.62. The van der Waals surface area contributed by atoms with Crippen molar-refractivity contribution in [3.05, 3.63) is 28.9 Å². The molecule has 68 valence electrons. The van der Waals surface area contributed by atoms with Crippen molar-refractivity contribution in [3.8, 4) is 5.75 Å². The average molecular weight is 198 g/mol. The Morgan fingerprint density at radius 2 is 2.15 bits per heavy atom. The van der Waals surface area contributed by atoms with E-state index in [9.17, 15) is 9.50 Å². The van der Waals surface area contributed by atoms with Gasteiger partial charge >= 0.3 is 0 Å². The molecule has 0 radical (unpaired) electrons. The first-order valence-electron chi connectivity index (χ1n) is 3.72. The van der Waals surface area contributed by atoms with Crippen LogP contribution in [0.2, 0.25) is 0 Å². The summed E-state index contributed by atoms with van der Waals surface area (Å²) < 4.78 is 13.5. The average Bonchev–Trinajstić information content (AvgIpc) is 2.50. The van der Waals surface area contributed by atoms with Crippen molar-refractivity contribution in [3.63, 3.8) is 0 Å². The van der Waals surface area contributed by atoms with Gasteiger partial charge in [-0.15, -0.1) is 11.3 Å². The topological polar surface area (TPSA) is 40.5 Å². The van der Waals surface area contributed by atoms with Crippen LogP contribution < -0.4 is 0 Å². The second kappa shape index (κ2) is 2.97. The number of hydrogen-bond donors (Lipinski definition) is 2. The molecular formula is C9H7FO2S. The van der Waals surface area contributed by atoms with Crippen LogP contribution in [0.15, 0.2) is 17.5 Å². The zero-order chi connectivity index (χ0) is 9.42. The molecule has 2 N–H and O–H groups in total. The number of aliphatic hydroxyl groups excluding tert-OH is 1. The van der Waals surface area contributed by atoms with E-state index in [1.807, 2.05) is 0 Å². The molecule has 0 unspecified atom stereocenters. The maximum absolute atomic E-state index is 13.0. The summed E-state index contributed by atoms with van der Waals surface area (Å²) in [6.07, 6.45) is 0. The summed E-state index contributed by atoms with van der Waals surface area (Å²) in [5, 5.41) is 20.1. The van der Waals surface area contributed by atoms with Gasteiger partial charge in [0.15, 0.2) is 0 Å². The number of benzene rings is 1. The van der Waals surface area contributed by atoms with Crippen molar-refractivity contribution in [1.82, 2.24) is 0 Å². The first kappa shape index (κ1) is 8.47. The van der Waals surface area contributed by atoms with E-state index in [0.29, 0.717) is 15.6 Å². The number of thiophene rings is 1. The predicted octanol–water partition coefficient (Wildman–Crippen LogP) is 2.24. The van der Waals surface area contributed by atoms with Gasteiger partial charge in [-0.05, 0) is 6.07 Å². The molecule has 2 aromatic rings. The van der Waals surface area contributed by atoms with Crippen LogP contribution in [0.4, 0.5) is 4.39 Å². The van der Waals surface area contributed by atoms with E-state index in [0.717, 1.165) is 11.3 Å². The summed E-state index contributed by atoms with van der Waals surface area (Å²) in [7, 11) is 0. The summed E-state index contributed by atoms with van der Waals surface area (Å²) in [5.41, 5.74) is 0.425. The fourth-order valence-corrected chi connectivity index (χ4v) is 2.10. The van der Waals surface area contributed by atoms with Crippen LogP contribution in [0, 0.1) is 5.82 Å². The third-order valence-electron chi connectivity index (χ3n) is 1.92. The third-order valence-corrected chi connectivity index (χ3v) is 2.90. The standard InChI is InChI=1S/C9H7FO2S/c10-7-4-13-9-6(7)2-1-5(3-11)8(9)12/h1-2,4,11-12H,3H2. The lowest BCUT2D eigenvalue weighted by Crippen LogP contribution is -1.83. The largest absolute Gasteiger partial charge is 0.506 e. The first-order chi connectivity index (χ1) is 6.24. The monoisotopic (exact) mass is 198 g/mol. The molecule has 0 aliphatic carbocycles. The van der Waals surface area contributed by atoms with E-state index in [-0.39, 0.29) is 18.2 Å². The number of halogens is 1. The quantitative estimate of drug-likeness (QED) is 0.737. The Bertz CT molecular complexity index is 450. The van der Waals surface area contributed by atoms with E-state index in [1.165, 1.54) is 11.4 Å².